The van der Waals surface area contributed by atoms with Gasteiger partial charge in [-0.3, -0.25) is 0 Å². The molecule has 0 bridgehead atoms. The van der Waals surface area contributed by atoms with Crippen molar-refractivity contribution in [3.63, 3.8) is 0 Å². The van der Waals surface area contributed by atoms with Crippen LogP contribution in [0.3, 0.4) is 0 Å². The van der Waals surface area contributed by atoms with E-state index in [0.29, 0.717) is 18.7 Å². The standard InChI is InChI=1S/C16H25NO2/c1-11(13-5-6-13)17-12(2)14-7-8-16(19-4)15(9-14)10-18-3/h7-9,11-13,17H,5-6,10H2,1-4H3. The van der Waals surface area contributed by atoms with E-state index in [-0.39, 0.29) is 0 Å². The summed E-state index contributed by atoms with van der Waals surface area (Å²) in [5.41, 5.74) is 2.40. The summed E-state index contributed by atoms with van der Waals surface area (Å²) in [4.78, 5) is 0. The molecule has 106 valence electrons. The van der Waals surface area contributed by atoms with Gasteiger partial charge in [-0.25, -0.2) is 0 Å². The van der Waals surface area contributed by atoms with Gasteiger partial charge in [0.05, 0.1) is 13.7 Å². The molecular weight excluding hydrogens is 238 g/mol. The van der Waals surface area contributed by atoms with E-state index in [4.69, 9.17) is 9.47 Å². The first-order chi connectivity index (χ1) is 9.15. The number of nitrogens with one attached hydrogen (secondary N) is 1. The van der Waals surface area contributed by atoms with Gasteiger partial charge in [0.2, 0.25) is 0 Å². The number of ether oxygens (including phenoxy) is 2. The summed E-state index contributed by atoms with van der Waals surface area (Å²) in [5.74, 6) is 1.77. The molecule has 2 atom stereocenters. The maximum absolute atomic E-state index is 5.36. The Balaban J connectivity index is 2.07. The average Bonchev–Trinajstić information content (AvgIpc) is 3.23. The van der Waals surface area contributed by atoms with E-state index in [1.54, 1.807) is 14.2 Å². The first-order valence-corrected chi connectivity index (χ1v) is 7.07. The Labute approximate surface area is 116 Å². The van der Waals surface area contributed by atoms with Crippen LogP contribution in [0.5, 0.6) is 5.75 Å². The molecule has 1 aromatic rings. The Morgan fingerprint density at radius 1 is 1.26 bits per heavy atom. The van der Waals surface area contributed by atoms with Gasteiger partial charge in [-0.1, -0.05) is 6.07 Å². The number of hydrogen-bond acceptors (Lipinski definition) is 3. The van der Waals surface area contributed by atoms with Crippen molar-refractivity contribution in [2.75, 3.05) is 14.2 Å². The average molecular weight is 263 g/mol. The van der Waals surface area contributed by atoms with Crippen molar-refractivity contribution in [1.82, 2.24) is 5.32 Å². The molecule has 1 saturated carbocycles. The summed E-state index contributed by atoms with van der Waals surface area (Å²) in [6.07, 6.45) is 2.75. The second-order valence-corrected chi connectivity index (χ2v) is 5.52. The van der Waals surface area contributed by atoms with Gasteiger partial charge in [-0.15, -0.1) is 0 Å². The Kier molecular flexibility index (Phi) is 4.83. The van der Waals surface area contributed by atoms with Crippen LogP contribution in [0.15, 0.2) is 18.2 Å². The quantitative estimate of drug-likeness (QED) is 0.819. The lowest BCUT2D eigenvalue weighted by Crippen LogP contribution is -2.30. The van der Waals surface area contributed by atoms with Crippen LogP contribution in [0.1, 0.15) is 43.9 Å². The first kappa shape index (κ1) is 14.4. The third-order valence-electron chi connectivity index (χ3n) is 3.95. The minimum atomic E-state index is 0.358. The van der Waals surface area contributed by atoms with E-state index in [9.17, 15) is 0 Å². The zero-order valence-corrected chi connectivity index (χ0v) is 12.4. The topological polar surface area (TPSA) is 30.5 Å². The van der Waals surface area contributed by atoms with Crippen molar-refractivity contribution in [2.45, 2.75) is 45.4 Å². The lowest BCUT2D eigenvalue weighted by atomic mass is 10.0. The molecule has 1 aliphatic carbocycles. The van der Waals surface area contributed by atoms with E-state index < -0.39 is 0 Å². The summed E-state index contributed by atoms with van der Waals surface area (Å²) < 4.78 is 10.6. The third-order valence-corrected chi connectivity index (χ3v) is 3.95. The summed E-state index contributed by atoms with van der Waals surface area (Å²) in [7, 11) is 3.41. The molecule has 2 unspecified atom stereocenters. The highest BCUT2D eigenvalue weighted by Gasteiger charge is 2.28. The number of methoxy groups -OCH3 is 2. The van der Waals surface area contributed by atoms with Gasteiger partial charge in [0, 0.05) is 24.8 Å². The summed E-state index contributed by atoms with van der Waals surface area (Å²) >= 11 is 0. The van der Waals surface area contributed by atoms with E-state index in [1.807, 2.05) is 6.07 Å². The van der Waals surface area contributed by atoms with Crippen molar-refractivity contribution in [1.29, 1.82) is 0 Å². The Morgan fingerprint density at radius 3 is 2.58 bits per heavy atom. The summed E-state index contributed by atoms with van der Waals surface area (Å²) in [6, 6.07) is 7.30. The monoisotopic (exact) mass is 263 g/mol. The molecule has 0 aromatic heterocycles. The molecule has 3 heteroatoms. The minimum absolute atomic E-state index is 0.358. The maximum Gasteiger partial charge on any atom is 0.124 e. The smallest absolute Gasteiger partial charge is 0.124 e. The van der Waals surface area contributed by atoms with Crippen molar-refractivity contribution < 1.29 is 9.47 Å². The highest BCUT2D eigenvalue weighted by Crippen LogP contribution is 2.33. The number of hydrogen-bond donors (Lipinski definition) is 1. The van der Waals surface area contributed by atoms with Gasteiger partial charge in [0.15, 0.2) is 0 Å². The van der Waals surface area contributed by atoms with Crippen molar-refractivity contribution in [2.24, 2.45) is 5.92 Å². The molecule has 1 fully saturated rings. The molecule has 0 radical (unpaired) electrons. The summed E-state index contributed by atoms with van der Waals surface area (Å²) in [6.45, 7) is 5.09. The fourth-order valence-corrected chi connectivity index (χ4v) is 2.56. The predicted molar refractivity (Wildman–Crippen MR) is 77.4 cm³/mol. The largest absolute Gasteiger partial charge is 0.496 e. The Hall–Kier alpha value is -1.06. The van der Waals surface area contributed by atoms with Gasteiger partial charge in [-0.05, 0) is 50.3 Å². The molecule has 3 nitrogen and oxygen atoms in total. The van der Waals surface area contributed by atoms with Crippen LogP contribution in [-0.2, 0) is 11.3 Å². The molecule has 0 amide bonds. The molecule has 0 saturated heterocycles. The van der Waals surface area contributed by atoms with Gasteiger partial charge < -0.3 is 14.8 Å². The summed E-state index contributed by atoms with van der Waals surface area (Å²) in [5, 5.41) is 3.68. The van der Waals surface area contributed by atoms with Crippen LogP contribution < -0.4 is 10.1 Å². The third kappa shape index (κ3) is 3.71. The molecule has 2 rings (SSSR count). The number of rotatable bonds is 7. The zero-order valence-electron chi connectivity index (χ0n) is 12.4. The second-order valence-electron chi connectivity index (χ2n) is 5.52. The molecule has 0 aliphatic heterocycles. The minimum Gasteiger partial charge on any atom is -0.496 e. The molecule has 0 spiro atoms. The Morgan fingerprint density at radius 2 is 2.00 bits per heavy atom. The van der Waals surface area contributed by atoms with E-state index in [0.717, 1.165) is 17.2 Å². The zero-order chi connectivity index (χ0) is 13.8. The highest BCUT2D eigenvalue weighted by molar-refractivity contribution is 5.38. The Bertz CT molecular complexity index is 415. The van der Waals surface area contributed by atoms with Crippen LogP contribution in [0.2, 0.25) is 0 Å². The lowest BCUT2D eigenvalue weighted by Gasteiger charge is -2.21. The molecule has 1 N–H and O–H groups in total. The molecule has 1 aromatic carbocycles. The molecule has 1 aliphatic rings. The SMILES string of the molecule is COCc1cc(C(C)NC(C)C2CC2)ccc1OC. The van der Waals surface area contributed by atoms with Gasteiger partial charge in [-0.2, -0.15) is 0 Å². The fourth-order valence-electron chi connectivity index (χ4n) is 2.56. The highest BCUT2D eigenvalue weighted by atomic mass is 16.5. The fraction of sp³-hybridized carbons (Fsp3) is 0.625. The van der Waals surface area contributed by atoms with Crippen LogP contribution in [-0.4, -0.2) is 20.3 Å². The van der Waals surface area contributed by atoms with Crippen molar-refractivity contribution in [3.05, 3.63) is 29.3 Å². The van der Waals surface area contributed by atoms with E-state index in [1.165, 1.54) is 18.4 Å². The van der Waals surface area contributed by atoms with Crippen LogP contribution >= 0.6 is 0 Å². The number of benzene rings is 1. The van der Waals surface area contributed by atoms with Gasteiger partial charge >= 0.3 is 0 Å². The van der Waals surface area contributed by atoms with E-state index in [2.05, 4.69) is 31.3 Å². The predicted octanol–water partition coefficient (Wildman–Crippen LogP) is 3.29. The normalized spacial score (nSPS) is 18.1. The first-order valence-electron chi connectivity index (χ1n) is 7.07. The second kappa shape index (κ2) is 6.40. The van der Waals surface area contributed by atoms with Gasteiger partial charge in [0.1, 0.15) is 5.75 Å². The molecular formula is C16H25NO2. The van der Waals surface area contributed by atoms with Gasteiger partial charge in [0.25, 0.3) is 0 Å². The van der Waals surface area contributed by atoms with Crippen molar-refractivity contribution in [3.8, 4) is 5.75 Å². The lowest BCUT2D eigenvalue weighted by molar-refractivity contribution is 0.181. The van der Waals surface area contributed by atoms with Crippen LogP contribution in [0.4, 0.5) is 0 Å². The van der Waals surface area contributed by atoms with E-state index >= 15 is 0 Å². The van der Waals surface area contributed by atoms with Crippen molar-refractivity contribution >= 4 is 0 Å². The molecule has 0 heterocycles. The van der Waals surface area contributed by atoms with Crippen LogP contribution in [0, 0.1) is 5.92 Å². The molecule has 19 heavy (non-hydrogen) atoms. The maximum atomic E-state index is 5.36. The van der Waals surface area contributed by atoms with Crippen LogP contribution in [0.25, 0.3) is 0 Å².